The molecular formula is C21H24F3N5O3. The van der Waals surface area contributed by atoms with E-state index in [1.807, 2.05) is 11.0 Å². The van der Waals surface area contributed by atoms with Crippen molar-refractivity contribution in [2.24, 2.45) is 11.8 Å². The fourth-order valence-electron chi connectivity index (χ4n) is 3.75. The molecule has 0 radical (unpaired) electrons. The third-order valence-corrected chi connectivity index (χ3v) is 5.72. The molecule has 172 valence electrons. The van der Waals surface area contributed by atoms with Gasteiger partial charge >= 0.3 is 6.36 Å². The summed E-state index contributed by atoms with van der Waals surface area (Å²) in [5.41, 5.74) is 2.32. The maximum Gasteiger partial charge on any atom is 0.573 e. The zero-order valence-corrected chi connectivity index (χ0v) is 17.1. The molecule has 3 heterocycles. The number of aromatic nitrogens is 1. The van der Waals surface area contributed by atoms with E-state index in [1.54, 1.807) is 6.20 Å². The molecule has 2 aromatic rings. The number of rotatable bonds is 8. The molecule has 2 aliphatic rings. The maximum atomic E-state index is 12.4. The predicted molar refractivity (Wildman–Crippen MR) is 113 cm³/mol. The van der Waals surface area contributed by atoms with E-state index in [0.29, 0.717) is 49.0 Å². The highest BCUT2D eigenvalue weighted by Gasteiger charge is 2.36. The fourth-order valence-corrected chi connectivity index (χ4v) is 3.75. The van der Waals surface area contributed by atoms with Crippen LogP contribution in [0.1, 0.15) is 5.56 Å². The van der Waals surface area contributed by atoms with Gasteiger partial charge in [0.25, 0.3) is 0 Å². The number of hydrogen-bond donors (Lipinski definition) is 5. The first-order valence-corrected chi connectivity index (χ1v) is 10.2. The number of aliphatic hydroxyl groups excluding tert-OH is 2. The molecule has 4 rings (SSSR count). The largest absolute Gasteiger partial charge is 0.573 e. The van der Waals surface area contributed by atoms with Gasteiger partial charge in [0.15, 0.2) is 0 Å². The van der Waals surface area contributed by atoms with Gasteiger partial charge < -0.3 is 35.9 Å². The van der Waals surface area contributed by atoms with Crippen LogP contribution in [-0.2, 0) is 0 Å². The van der Waals surface area contributed by atoms with Crippen molar-refractivity contribution in [1.82, 2.24) is 10.3 Å². The minimum atomic E-state index is -4.76. The van der Waals surface area contributed by atoms with Crippen molar-refractivity contribution in [3.8, 4) is 5.75 Å². The zero-order chi connectivity index (χ0) is 22.9. The van der Waals surface area contributed by atoms with Crippen molar-refractivity contribution in [3.63, 3.8) is 0 Å². The normalized spacial score (nSPS) is 18.0. The molecular weight excluding hydrogens is 427 g/mol. The fraction of sp³-hybridized carbons (Fsp3) is 0.429. The number of nitrogens with one attached hydrogen (secondary N) is 3. The molecule has 5 N–H and O–H groups in total. The zero-order valence-electron chi connectivity index (χ0n) is 17.1. The topological polar surface area (TPSA) is 114 Å². The van der Waals surface area contributed by atoms with Crippen molar-refractivity contribution in [2.75, 3.05) is 43.0 Å². The van der Waals surface area contributed by atoms with Gasteiger partial charge in [-0.25, -0.2) is 4.98 Å². The summed E-state index contributed by atoms with van der Waals surface area (Å²) in [7, 11) is 0. The van der Waals surface area contributed by atoms with Gasteiger partial charge in [0, 0.05) is 49.9 Å². The lowest BCUT2D eigenvalue weighted by atomic mass is 9.88. The average Bonchev–Trinajstić information content (AvgIpc) is 2.66. The van der Waals surface area contributed by atoms with E-state index < -0.39 is 12.5 Å². The van der Waals surface area contributed by atoms with Crippen LogP contribution in [0.5, 0.6) is 5.75 Å². The number of pyridine rings is 1. The van der Waals surface area contributed by atoms with Crippen LogP contribution < -0.4 is 20.3 Å². The summed E-state index contributed by atoms with van der Waals surface area (Å²) in [4.78, 5) is 6.41. The van der Waals surface area contributed by atoms with Gasteiger partial charge in [-0.3, -0.25) is 0 Å². The molecule has 32 heavy (non-hydrogen) atoms. The lowest BCUT2D eigenvalue weighted by molar-refractivity contribution is -0.274. The number of alkyl halides is 3. The lowest BCUT2D eigenvalue weighted by Gasteiger charge is -2.44. The Morgan fingerprint density at radius 2 is 1.94 bits per heavy atom. The molecule has 0 amide bonds. The summed E-state index contributed by atoms with van der Waals surface area (Å²) >= 11 is 0. The third kappa shape index (κ3) is 4.79. The lowest BCUT2D eigenvalue weighted by Crippen LogP contribution is -2.54. The Kier molecular flexibility index (Phi) is 6.22. The van der Waals surface area contributed by atoms with E-state index in [9.17, 15) is 23.4 Å². The van der Waals surface area contributed by atoms with Gasteiger partial charge in [-0.15, -0.1) is 13.2 Å². The average molecular weight is 451 g/mol. The Morgan fingerprint density at radius 1 is 1.25 bits per heavy atom. The van der Waals surface area contributed by atoms with Crippen molar-refractivity contribution < 1.29 is 28.1 Å². The first-order chi connectivity index (χ1) is 15.2. The Balaban J connectivity index is 1.58. The van der Waals surface area contributed by atoms with E-state index >= 15 is 0 Å². The van der Waals surface area contributed by atoms with Crippen LogP contribution in [0.15, 0.2) is 36.5 Å². The van der Waals surface area contributed by atoms with Crippen molar-refractivity contribution in [3.05, 3.63) is 42.1 Å². The molecule has 1 unspecified atom stereocenters. The second kappa shape index (κ2) is 8.93. The molecule has 2 saturated heterocycles. The van der Waals surface area contributed by atoms with Crippen LogP contribution in [0.4, 0.5) is 30.4 Å². The van der Waals surface area contributed by atoms with E-state index in [1.165, 1.54) is 24.3 Å². The first kappa shape index (κ1) is 22.3. The molecule has 1 aromatic carbocycles. The summed E-state index contributed by atoms with van der Waals surface area (Å²) < 4.78 is 41.1. The molecule has 0 spiro atoms. The van der Waals surface area contributed by atoms with Crippen LogP contribution >= 0.6 is 0 Å². The summed E-state index contributed by atoms with van der Waals surface area (Å²) in [5.74, 6) is 0.0710. The number of aliphatic hydroxyl groups is 2. The minimum Gasteiger partial charge on any atom is -0.406 e. The van der Waals surface area contributed by atoms with Gasteiger partial charge in [0.2, 0.25) is 0 Å². The summed E-state index contributed by atoms with van der Waals surface area (Å²) in [5, 5.41) is 34.0. The highest BCUT2D eigenvalue weighted by Crippen LogP contribution is 2.36. The molecule has 8 nitrogen and oxygen atoms in total. The number of hydrogen-bond acceptors (Lipinski definition) is 8. The van der Waals surface area contributed by atoms with Crippen molar-refractivity contribution in [1.29, 1.82) is 5.41 Å². The molecule has 0 bridgehead atoms. The Hall–Kier alpha value is -2.89. The van der Waals surface area contributed by atoms with Crippen LogP contribution in [-0.4, -0.2) is 66.2 Å². The molecule has 1 atom stereocenters. The second-order valence-corrected chi connectivity index (χ2v) is 7.93. The van der Waals surface area contributed by atoms with Crippen molar-refractivity contribution >= 4 is 22.9 Å². The van der Waals surface area contributed by atoms with Gasteiger partial charge in [0.05, 0.1) is 29.7 Å². The molecule has 2 aliphatic heterocycles. The predicted octanol–water partition coefficient (Wildman–Crippen LogP) is 2.10. The number of benzene rings is 1. The van der Waals surface area contributed by atoms with E-state index in [0.717, 1.165) is 5.69 Å². The molecule has 0 saturated carbocycles. The quantitative estimate of drug-likeness (QED) is 0.391. The van der Waals surface area contributed by atoms with E-state index in [-0.39, 0.29) is 24.2 Å². The van der Waals surface area contributed by atoms with E-state index in [2.05, 4.69) is 20.4 Å². The van der Waals surface area contributed by atoms with Gasteiger partial charge in [-0.05, 0) is 30.3 Å². The minimum absolute atomic E-state index is 0.0289. The monoisotopic (exact) mass is 451 g/mol. The summed E-state index contributed by atoms with van der Waals surface area (Å²) in [6.07, 6.45) is -3.95. The third-order valence-electron chi connectivity index (χ3n) is 5.72. The van der Waals surface area contributed by atoms with Crippen LogP contribution in [0.2, 0.25) is 0 Å². The highest BCUT2D eigenvalue weighted by molar-refractivity contribution is 6.09. The van der Waals surface area contributed by atoms with Gasteiger partial charge in [-0.2, -0.15) is 0 Å². The Labute approximate surface area is 182 Å². The maximum absolute atomic E-state index is 12.4. The molecule has 11 heteroatoms. The number of ether oxygens (including phenoxy) is 1. The number of anilines is 3. The molecule has 1 aromatic heterocycles. The SMILES string of the molecule is N=C(c1c(N2CC(C(O)CO)C2)ccnc1Nc1ccc(OC(F)(F)F)cc1)C1CNC1. The number of halogens is 3. The van der Waals surface area contributed by atoms with Crippen LogP contribution in [0.3, 0.4) is 0 Å². The summed E-state index contributed by atoms with van der Waals surface area (Å²) in [6.45, 7) is 2.14. The number of nitrogens with zero attached hydrogens (tertiary/aromatic N) is 2. The molecule has 2 fully saturated rings. The first-order valence-electron chi connectivity index (χ1n) is 10.2. The smallest absolute Gasteiger partial charge is 0.406 e. The standard InChI is InChI=1S/C21H24F3N5O3/c22-21(23,24)32-15-3-1-14(2-4-15)28-20-18(19(25)12-7-26-8-12)16(5-6-27-20)29-9-13(10-29)17(31)11-30/h1-6,12-13,17,25-26,30-31H,7-11H2,(H,27,28). The van der Waals surface area contributed by atoms with E-state index in [4.69, 9.17) is 5.41 Å². The van der Waals surface area contributed by atoms with Crippen LogP contribution in [0, 0.1) is 17.2 Å². The second-order valence-electron chi connectivity index (χ2n) is 7.93. The Morgan fingerprint density at radius 3 is 2.50 bits per heavy atom. The van der Waals surface area contributed by atoms with Gasteiger partial charge in [-0.1, -0.05) is 0 Å². The van der Waals surface area contributed by atoms with Crippen molar-refractivity contribution in [2.45, 2.75) is 12.5 Å². The van der Waals surface area contributed by atoms with Crippen LogP contribution in [0.25, 0.3) is 0 Å². The molecule has 0 aliphatic carbocycles. The Bertz CT molecular complexity index is 960. The highest BCUT2D eigenvalue weighted by atomic mass is 19.4. The van der Waals surface area contributed by atoms with Gasteiger partial charge in [0.1, 0.15) is 11.6 Å². The summed E-state index contributed by atoms with van der Waals surface area (Å²) in [6, 6.07) is 7.12.